The third-order valence-corrected chi connectivity index (χ3v) is 5.11. The molecule has 0 amide bonds. The largest absolute Gasteiger partial charge is 0.481 e. The third kappa shape index (κ3) is 6.42. The number of nitrogens with zero attached hydrogens (tertiary/aromatic N) is 2. The molecule has 0 bridgehead atoms. The van der Waals surface area contributed by atoms with E-state index in [1.807, 2.05) is 24.3 Å². The number of rotatable bonds is 7. The molecule has 1 fully saturated rings. The molecule has 1 aliphatic rings. The summed E-state index contributed by atoms with van der Waals surface area (Å²) < 4.78 is 13.3. The van der Waals surface area contributed by atoms with Crippen molar-refractivity contribution in [3.63, 3.8) is 0 Å². The van der Waals surface area contributed by atoms with Gasteiger partial charge in [0.1, 0.15) is 12.4 Å². The van der Waals surface area contributed by atoms with E-state index in [2.05, 4.69) is 10.1 Å². The van der Waals surface area contributed by atoms with E-state index in [4.69, 9.17) is 21.5 Å². The lowest BCUT2D eigenvalue weighted by molar-refractivity contribution is -0.143. The van der Waals surface area contributed by atoms with Gasteiger partial charge in [-0.05, 0) is 43.1 Å². The van der Waals surface area contributed by atoms with Gasteiger partial charge < -0.3 is 9.94 Å². The molecule has 0 spiro atoms. The Morgan fingerprint density at radius 1 is 1.31 bits per heavy atom. The van der Waals surface area contributed by atoms with Gasteiger partial charge in [0.15, 0.2) is 0 Å². The molecule has 1 heterocycles. The first kappa shape index (κ1) is 23.1. The SMILES string of the molecule is Cl.O=C(O)[C@@H]1CCCN(CCO/N=C/c2ccccc2-c2ccc(F)cc2Cl)C1. The minimum absolute atomic E-state index is 0. The molecule has 5 nitrogen and oxygen atoms in total. The summed E-state index contributed by atoms with van der Waals surface area (Å²) in [5, 5.41) is 13.5. The summed E-state index contributed by atoms with van der Waals surface area (Å²) in [4.78, 5) is 18.6. The second-order valence-corrected chi connectivity index (χ2v) is 7.16. The maximum absolute atomic E-state index is 13.3. The molecule has 1 saturated heterocycles. The monoisotopic (exact) mass is 440 g/mol. The number of piperidine rings is 1. The van der Waals surface area contributed by atoms with Crippen LogP contribution in [0.25, 0.3) is 11.1 Å². The van der Waals surface area contributed by atoms with Crippen molar-refractivity contribution in [2.24, 2.45) is 11.1 Å². The molecule has 1 N–H and O–H groups in total. The van der Waals surface area contributed by atoms with E-state index in [9.17, 15) is 9.18 Å². The number of benzene rings is 2. The van der Waals surface area contributed by atoms with Crippen LogP contribution in [0, 0.1) is 11.7 Å². The minimum atomic E-state index is -0.736. The number of oxime groups is 1. The Kier molecular flexibility index (Phi) is 8.89. The average Bonchev–Trinajstić information content (AvgIpc) is 2.68. The second-order valence-electron chi connectivity index (χ2n) is 6.76. The Morgan fingerprint density at radius 2 is 2.10 bits per heavy atom. The minimum Gasteiger partial charge on any atom is -0.481 e. The molecule has 1 aliphatic heterocycles. The molecule has 1 atom stereocenters. The molecule has 8 heteroatoms. The van der Waals surface area contributed by atoms with Gasteiger partial charge in [-0.3, -0.25) is 9.69 Å². The number of carboxylic acid groups (broad SMARTS) is 1. The molecule has 0 aliphatic carbocycles. The highest BCUT2D eigenvalue weighted by Gasteiger charge is 2.24. The number of hydrogen-bond donors (Lipinski definition) is 1. The number of carboxylic acids is 1. The Labute approximate surface area is 180 Å². The first-order chi connectivity index (χ1) is 13.5. The highest BCUT2D eigenvalue weighted by atomic mass is 35.5. The summed E-state index contributed by atoms with van der Waals surface area (Å²) in [7, 11) is 0. The van der Waals surface area contributed by atoms with Gasteiger partial charge in [-0.25, -0.2) is 4.39 Å². The Hall–Kier alpha value is -2.15. The topological polar surface area (TPSA) is 62.1 Å². The lowest BCUT2D eigenvalue weighted by Gasteiger charge is -2.29. The maximum atomic E-state index is 13.3. The Bertz CT molecular complexity index is 864. The number of likely N-dealkylation sites (tertiary alicyclic amines) is 1. The molecule has 0 aromatic heterocycles. The normalized spacial score (nSPS) is 17.1. The quantitative estimate of drug-likeness (QED) is 0.384. The van der Waals surface area contributed by atoms with Crippen molar-refractivity contribution in [2.45, 2.75) is 12.8 Å². The summed E-state index contributed by atoms with van der Waals surface area (Å²) in [6.45, 7) is 2.44. The standard InChI is InChI=1S/C21H22ClFN2O3.ClH/c22-20-12-17(23)7-8-19(20)18-6-2-1-4-15(18)13-24-28-11-10-25-9-3-5-16(14-25)21(26)27;/h1-2,4,6-8,12-13,16H,3,5,9-11,14H2,(H,26,27);1H/b24-13+;/t16-;/m1./s1. The van der Waals surface area contributed by atoms with Crippen LogP contribution in [-0.4, -0.2) is 48.4 Å². The first-order valence-electron chi connectivity index (χ1n) is 9.19. The summed E-state index contributed by atoms with van der Waals surface area (Å²) >= 11 is 6.18. The van der Waals surface area contributed by atoms with Crippen LogP contribution in [0.1, 0.15) is 18.4 Å². The maximum Gasteiger partial charge on any atom is 0.307 e. The molecule has 156 valence electrons. The van der Waals surface area contributed by atoms with Crippen LogP contribution in [0.5, 0.6) is 0 Å². The number of halogens is 3. The fourth-order valence-electron chi connectivity index (χ4n) is 3.34. The molecule has 0 radical (unpaired) electrons. The zero-order chi connectivity index (χ0) is 19.9. The van der Waals surface area contributed by atoms with Crippen molar-refractivity contribution in [2.75, 3.05) is 26.2 Å². The van der Waals surface area contributed by atoms with Crippen LogP contribution in [0.2, 0.25) is 5.02 Å². The van der Waals surface area contributed by atoms with Crippen LogP contribution >= 0.6 is 24.0 Å². The van der Waals surface area contributed by atoms with E-state index in [1.54, 1.807) is 12.3 Å². The van der Waals surface area contributed by atoms with Gasteiger partial charge in [-0.2, -0.15) is 0 Å². The Morgan fingerprint density at radius 3 is 2.86 bits per heavy atom. The van der Waals surface area contributed by atoms with Gasteiger partial charge in [0, 0.05) is 24.2 Å². The predicted octanol–water partition coefficient (Wildman–Crippen LogP) is 4.72. The van der Waals surface area contributed by atoms with Crippen molar-refractivity contribution in [1.82, 2.24) is 4.90 Å². The summed E-state index contributed by atoms with van der Waals surface area (Å²) in [6, 6.07) is 11.8. The van der Waals surface area contributed by atoms with E-state index < -0.39 is 5.97 Å². The van der Waals surface area contributed by atoms with Crippen molar-refractivity contribution in [3.05, 3.63) is 58.9 Å². The molecular weight excluding hydrogens is 418 g/mol. The van der Waals surface area contributed by atoms with Gasteiger partial charge in [-0.1, -0.05) is 41.0 Å². The zero-order valence-electron chi connectivity index (χ0n) is 15.8. The van der Waals surface area contributed by atoms with Gasteiger partial charge >= 0.3 is 5.97 Å². The highest BCUT2D eigenvalue weighted by molar-refractivity contribution is 6.33. The third-order valence-electron chi connectivity index (χ3n) is 4.80. The van der Waals surface area contributed by atoms with E-state index >= 15 is 0 Å². The van der Waals surface area contributed by atoms with E-state index in [-0.39, 0.29) is 24.1 Å². The Balaban J connectivity index is 0.00000300. The predicted molar refractivity (Wildman–Crippen MR) is 114 cm³/mol. The van der Waals surface area contributed by atoms with Crippen LogP contribution < -0.4 is 0 Å². The summed E-state index contributed by atoms with van der Waals surface area (Å²) in [6.07, 6.45) is 3.21. The van der Waals surface area contributed by atoms with Crippen molar-refractivity contribution < 1.29 is 19.1 Å². The van der Waals surface area contributed by atoms with Crippen LogP contribution in [0.4, 0.5) is 4.39 Å². The fraction of sp³-hybridized carbons (Fsp3) is 0.333. The van der Waals surface area contributed by atoms with Crippen LogP contribution in [0.15, 0.2) is 47.6 Å². The molecule has 2 aromatic carbocycles. The molecule has 3 rings (SSSR count). The fourth-order valence-corrected chi connectivity index (χ4v) is 3.61. The summed E-state index contributed by atoms with van der Waals surface area (Å²) in [5.74, 6) is -1.42. The van der Waals surface area contributed by atoms with Gasteiger partial charge in [0.2, 0.25) is 0 Å². The molecule has 0 unspecified atom stereocenters. The first-order valence-corrected chi connectivity index (χ1v) is 9.57. The van der Waals surface area contributed by atoms with Crippen molar-refractivity contribution >= 4 is 36.2 Å². The smallest absolute Gasteiger partial charge is 0.307 e. The number of carbonyl (C=O) groups is 1. The number of hydrogen-bond acceptors (Lipinski definition) is 4. The van der Waals surface area contributed by atoms with Gasteiger partial charge in [0.25, 0.3) is 0 Å². The molecule has 2 aromatic rings. The van der Waals surface area contributed by atoms with Crippen molar-refractivity contribution in [3.8, 4) is 11.1 Å². The molecule has 29 heavy (non-hydrogen) atoms. The summed E-state index contributed by atoms with van der Waals surface area (Å²) in [5.41, 5.74) is 2.36. The van der Waals surface area contributed by atoms with Crippen LogP contribution in [-0.2, 0) is 9.63 Å². The van der Waals surface area contributed by atoms with Crippen LogP contribution in [0.3, 0.4) is 0 Å². The number of aliphatic carboxylic acids is 1. The van der Waals surface area contributed by atoms with Gasteiger partial charge in [-0.15, -0.1) is 12.4 Å². The second kappa shape index (κ2) is 11.1. The van der Waals surface area contributed by atoms with E-state index in [0.717, 1.165) is 36.1 Å². The zero-order valence-corrected chi connectivity index (χ0v) is 17.3. The molecular formula is C21H23Cl2FN2O3. The average molecular weight is 441 g/mol. The van der Waals surface area contributed by atoms with E-state index in [0.29, 0.717) is 24.7 Å². The van der Waals surface area contributed by atoms with Gasteiger partial charge in [0.05, 0.1) is 17.2 Å². The lowest BCUT2D eigenvalue weighted by Crippen LogP contribution is -2.40. The van der Waals surface area contributed by atoms with E-state index in [1.165, 1.54) is 12.1 Å². The lowest BCUT2D eigenvalue weighted by atomic mass is 9.98. The van der Waals surface area contributed by atoms with Crippen molar-refractivity contribution in [1.29, 1.82) is 0 Å². The highest BCUT2D eigenvalue weighted by Crippen LogP contribution is 2.30. The molecule has 0 saturated carbocycles.